The van der Waals surface area contributed by atoms with Crippen molar-refractivity contribution < 1.29 is 18.7 Å². The second-order valence-electron chi connectivity index (χ2n) is 4.68. The predicted molar refractivity (Wildman–Crippen MR) is 81.9 cm³/mol. The van der Waals surface area contributed by atoms with Crippen molar-refractivity contribution in [1.82, 2.24) is 10.6 Å². The van der Waals surface area contributed by atoms with Gasteiger partial charge >= 0.3 is 12.0 Å². The minimum Gasteiger partial charge on any atom is -0.463 e. The van der Waals surface area contributed by atoms with E-state index >= 15 is 0 Å². The van der Waals surface area contributed by atoms with Crippen LogP contribution in [0.4, 0.5) is 9.18 Å². The average molecular weight is 324 g/mol. The van der Waals surface area contributed by atoms with Crippen LogP contribution < -0.4 is 10.6 Å². The van der Waals surface area contributed by atoms with Gasteiger partial charge in [0, 0.05) is 16.3 Å². The molecule has 2 amide bonds. The van der Waals surface area contributed by atoms with Crippen LogP contribution >= 0.6 is 11.8 Å². The van der Waals surface area contributed by atoms with E-state index in [9.17, 15) is 14.0 Å². The zero-order chi connectivity index (χ0) is 16.1. The second-order valence-corrected chi connectivity index (χ2v) is 5.72. The minimum absolute atomic E-state index is 0.265. The van der Waals surface area contributed by atoms with Gasteiger partial charge in [0.25, 0.3) is 0 Å². The number of benzene rings is 1. The molecule has 1 aliphatic rings. The van der Waals surface area contributed by atoms with Crippen molar-refractivity contribution >= 4 is 23.8 Å². The number of thioether (sulfide) groups is 1. The molecule has 1 atom stereocenters. The fourth-order valence-corrected chi connectivity index (χ4v) is 2.95. The topological polar surface area (TPSA) is 67.4 Å². The maximum atomic E-state index is 12.9. The highest BCUT2D eigenvalue weighted by atomic mass is 32.2. The number of rotatable bonds is 5. The molecule has 2 rings (SSSR count). The van der Waals surface area contributed by atoms with Crippen LogP contribution in [0.1, 0.15) is 13.8 Å². The lowest BCUT2D eigenvalue weighted by molar-refractivity contribution is -0.138. The molecule has 0 aliphatic carbocycles. The molecular formula is C15H17FN2O3S. The van der Waals surface area contributed by atoms with Gasteiger partial charge in [-0.2, -0.15) is 0 Å². The molecule has 0 radical (unpaired) electrons. The first-order valence-electron chi connectivity index (χ1n) is 6.87. The molecule has 1 heterocycles. The van der Waals surface area contributed by atoms with Gasteiger partial charge in [-0.1, -0.05) is 0 Å². The molecule has 0 fully saturated rings. The first-order chi connectivity index (χ1) is 10.5. The highest BCUT2D eigenvalue weighted by Gasteiger charge is 2.29. The summed E-state index contributed by atoms with van der Waals surface area (Å²) >= 11 is 1.40. The lowest BCUT2D eigenvalue weighted by Crippen LogP contribution is -2.49. The zero-order valence-corrected chi connectivity index (χ0v) is 13.1. The minimum atomic E-state index is -0.447. The van der Waals surface area contributed by atoms with Crippen LogP contribution in [-0.4, -0.2) is 30.4 Å². The summed E-state index contributed by atoms with van der Waals surface area (Å²) in [5.74, 6) is -0.367. The Morgan fingerprint density at radius 1 is 1.36 bits per heavy atom. The standard InChI is InChI=1S/C15H17FN2O3S/c1-3-21-14(19)13-9(2)17-15(20)18-12(13)8-22-11-6-4-10(16)5-7-11/h4-7,9H,3,8H2,1-2H3,(H2,17,18,20). The number of nitrogens with one attached hydrogen (secondary N) is 2. The van der Waals surface area contributed by atoms with Gasteiger partial charge in [0.05, 0.1) is 18.2 Å². The fourth-order valence-electron chi connectivity index (χ4n) is 2.08. The predicted octanol–water partition coefficient (Wildman–Crippen LogP) is 2.44. The summed E-state index contributed by atoms with van der Waals surface area (Å²) in [6.07, 6.45) is 0. The Morgan fingerprint density at radius 3 is 2.68 bits per heavy atom. The number of ether oxygens (including phenoxy) is 1. The highest BCUT2D eigenvalue weighted by molar-refractivity contribution is 7.99. The number of halogens is 1. The smallest absolute Gasteiger partial charge is 0.337 e. The van der Waals surface area contributed by atoms with Gasteiger partial charge in [0.1, 0.15) is 5.82 Å². The van der Waals surface area contributed by atoms with Crippen molar-refractivity contribution in [3.05, 3.63) is 41.4 Å². The van der Waals surface area contributed by atoms with E-state index in [1.165, 1.54) is 23.9 Å². The maximum Gasteiger partial charge on any atom is 0.337 e. The molecule has 7 heteroatoms. The van der Waals surface area contributed by atoms with Crippen molar-refractivity contribution in [2.45, 2.75) is 24.8 Å². The lowest BCUT2D eigenvalue weighted by Gasteiger charge is -2.26. The van der Waals surface area contributed by atoms with Gasteiger partial charge in [-0.15, -0.1) is 11.8 Å². The summed E-state index contributed by atoms with van der Waals surface area (Å²) in [6, 6.07) is 5.26. The van der Waals surface area contributed by atoms with Crippen LogP contribution in [0.25, 0.3) is 0 Å². The quantitative estimate of drug-likeness (QED) is 0.645. The molecule has 118 valence electrons. The van der Waals surface area contributed by atoms with Crippen LogP contribution in [0.3, 0.4) is 0 Å². The second kappa shape index (κ2) is 7.31. The van der Waals surface area contributed by atoms with Crippen LogP contribution in [0.15, 0.2) is 40.4 Å². The molecule has 0 spiro atoms. The van der Waals surface area contributed by atoms with E-state index < -0.39 is 12.0 Å². The monoisotopic (exact) mass is 324 g/mol. The van der Waals surface area contributed by atoms with Crippen LogP contribution in [-0.2, 0) is 9.53 Å². The van der Waals surface area contributed by atoms with Gasteiger partial charge in [0.2, 0.25) is 0 Å². The third kappa shape index (κ3) is 4.00. The summed E-state index contributed by atoms with van der Waals surface area (Å²) in [5.41, 5.74) is 0.931. The Bertz CT molecular complexity index is 601. The fraction of sp³-hybridized carbons (Fsp3) is 0.333. The molecule has 1 aliphatic heterocycles. The van der Waals surface area contributed by atoms with E-state index in [0.29, 0.717) is 17.0 Å². The number of esters is 1. The Hall–Kier alpha value is -2.02. The van der Waals surface area contributed by atoms with E-state index in [-0.39, 0.29) is 18.5 Å². The SMILES string of the molecule is CCOC(=O)C1=C(CSc2ccc(F)cc2)NC(=O)NC1C. The molecule has 0 saturated heterocycles. The molecule has 0 bridgehead atoms. The van der Waals surface area contributed by atoms with Crippen LogP contribution in [0.2, 0.25) is 0 Å². The van der Waals surface area contributed by atoms with E-state index in [0.717, 1.165) is 4.90 Å². The largest absolute Gasteiger partial charge is 0.463 e. The number of carbonyl (C=O) groups is 2. The van der Waals surface area contributed by atoms with Gasteiger partial charge in [-0.25, -0.2) is 14.0 Å². The Kier molecular flexibility index (Phi) is 5.43. The molecular weight excluding hydrogens is 307 g/mol. The summed E-state index contributed by atoms with van der Waals surface area (Å²) in [7, 11) is 0. The van der Waals surface area contributed by atoms with Crippen molar-refractivity contribution in [3.8, 4) is 0 Å². The van der Waals surface area contributed by atoms with E-state index in [1.807, 2.05) is 0 Å². The summed E-state index contributed by atoms with van der Waals surface area (Å²) < 4.78 is 17.9. The summed E-state index contributed by atoms with van der Waals surface area (Å²) in [4.78, 5) is 24.5. The van der Waals surface area contributed by atoms with Crippen LogP contribution in [0.5, 0.6) is 0 Å². The number of hydrogen-bond acceptors (Lipinski definition) is 4. The van der Waals surface area contributed by atoms with Crippen molar-refractivity contribution in [2.24, 2.45) is 0 Å². The zero-order valence-electron chi connectivity index (χ0n) is 12.3. The average Bonchev–Trinajstić information content (AvgIpc) is 2.46. The van der Waals surface area contributed by atoms with Gasteiger partial charge in [-0.05, 0) is 38.1 Å². The number of hydrogen-bond donors (Lipinski definition) is 2. The summed E-state index contributed by atoms with van der Waals surface area (Å²) in [6.45, 7) is 3.72. The van der Waals surface area contributed by atoms with E-state index in [4.69, 9.17) is 4.74 Å². The van der Waals surface area contributed by atoms with Gasteiger partial charge < -0.3 is 15.4 Å². The van der Waals surface area contributed by atoms with Crippen LogP contribution in [0, 0.1) is 5.82 Å². The third-order valence-electron chi connectivity index (χ3n) is 3.06. The molecule has 0 saturated carbocycles. The number of carbonyl (C=O) groups excluding carboxylic acids is 2. The molecule has 22 heavy (non-hydrogen) atoms. The first kappa shape index (κ1) is 16.4. The van der Waals surface area contributed by atoms with Crippen molar-refractivity contribution in [3.63, 3.8) is 0 Å². The Morgan fingerprint density at radius 2 is 2.05 bits per heavy atom. The third-order valence-corrected chi connectivity index (χ3v) is 4.10. The van der Waals surface area contributed by atoms with Crippen molar-refractivity contribution in [2.75, 3.05) is 12.4 Å². The number of amides is 2. The first-order valence-corrected chi connectivity index (χ1v) is 7.86. The normalized spacial score (nSPS) is 17.8. The number of urea groups is 1. The van der Waals surface area contributed by atoms with Gasteiger partial charge in [0.15, 0.2) is 0 Å². The lowest BCUT2D eigenvalue weighted by atomic mass is 10.1. The highest BCUT2D eigenvalue weighted by Crippen LogP contribution is 2.24. The maximum absolute atomic E-state index is 12.9. The molecule has 2 N–H and O–H groups in total. The van der Waals surface area contributed by atoms with Gasteiger partial charge in [-0.3, -0.25) is 0 Å². The molecule has 5 nitrogen and oxygen atoms in total. The molecule has 1 unspecified atom stereocenters. The van der Waals surface area contributed by atoms with E-state index in [2.05, 4.69) is 10.6 Å². The molecule has 1 aromatic rings. The Labute approximate surface area is 132 Å². The van der Waals surface area contributed by atoms with Crippen molar-refractivity contribution in [1.29, 1.82) is 0 Å². The Balaban J connectivity index is 2.18. The molecule has 0 aromatic heterocycles. The molecule has 1 aromatic carbocycles. The van der Waals surface area contributed by atoms with E-state index in [1.54, 1.807) is 26.0 Å². The summed E-state index contributed by atoms with van der Waals surface area (Å²) in [5, 5.41) is 5.29.